The van der Waals surface area contributed by atoms with Crippen LogP contribution in [-0.2, 0) is 4.79 Å². The van der Waals surface area contributed by atoms with Crippen molar-refractivity contribution in [2.24, 2.45) is 0 Å². The van der Waals surface area contributed by atoms with E-state index in [0.717, 1.165) is 3.57 Å². The van der Waals surface area contributed by atoms with E-state index in [9.17, 15) is 9.59 Å². The molecule has 1 atom stereocenters. The fourth-order valence-electron chi connectivity index (χ4n) is 1.57. The van der Waals surface area contributed by atoms with Crippen molar-refractivity contribution in [3.63, 3.8) is 0 Å². The lowest BCUT2D eigenvalue weighted by atomic mass is 10.2. The van der Waals surface area contributed by atoms with Crippen molar-refractivity contribution < 1.29 is 4.79 Å². The van der Waals surface area contributed by atoms with Gasteiger partial charge < -0.3 is 5.32 Å². The molecule has 0 saturated carbocycles. The predicted molar refractivity (Wildman–Crippen MR) is 81.0 cm³/mol. The molecular formula is C13H12IN3O2. The number of benzene rings is 1. The summed E-state index contributed by atoms with van der Waals surface area (Å²) >= 11 is 2.01. The Balaban J connectivity index is 2.17. The highest BCUT2D eigenvalue weighted by molar-refractivity contribution is 14.1. The van der Waals surface area contributed by atoms with Gasteiger partial charge in [0.05, 0.1) is 6.20 Å². The number of hydrogen-bond acceptors (Lipinski definition) is 3. The molecule has 6 heteroatoms. The first-order chi connectivity index (χ1) is 9.08. The number of nitrogens with one attached hydrogen (secondary N) is 1. The lowest BCUT2D eigenvalue weighted by Crippen LogP contribution is -2.33. The van der Waals surface area contributed by atoms with Crippen LogP contribution < -0.4 is 10.9 Å². The van der Waals surface area contributed by atoms with Crippen molar-refractivity contribution in [3.8, 4) is 0 Å². The first kappa shape index (κ1) is 13.7. The smallest absolute Gasteiger partial charge is 0.268 e. The van der Waals surface area contributed by atoms with Gasteiger partial charge in [0.1, 0.15) is 6.04 Å². The summed E-state index contributed by atoms with van der Waals surface area (Å²) in [6, 6.07) is 9.88. The molecule has 1 heterocycles. The van der Waals surface area contributed by atoms with Crippen molar-refractivity contribution in [1.29, 1.82) is 0 Å². The quantitative estimate of drug-likeness (QED) is 0.843. The summed E-state index contributed by atoms with van der Waals surface area (Å²) < 4.78 is 1.91. The fourth-order valence-corrected chi connectivity index (χ4v) is 1.96. The Labute approximate surface area is 123 Å². The lowest BCUT2D eigenvalue weighted by molar-refractivity contribution is -0.119. The zero-order valence-electron chi connectivity index (χ0n) is 10.2. The third kappa shape index (κ3) is 3.40. The Morgan fingerprint density at radius 1 is 1.37 bits per heavy atom. The van der Waals surface area contributed by atoms with Crippen LogP contribution in [0.15, 0.2) is 47.4 Å². The third-order valence-electron chi connectivity index (χ3n) is 2.58. The first-order valence-corrected chi connectivity index (χ1v) is 6.76. The Kier molecular flexibility index (Phi) is 4.31. The van der Waals surface area contributed by atoms with E-state index in [1.807, 2.05) is 40.8 Å². The van der Waals surface area contributed by atoms with E-state index in [-0.39, 0.29) is 11.5 Å². The molecule has 0 fully saturated rings. The van der Waals surface area contributed by atoms with Crippen molar-refractivity contribution >= 4 is 34.2 Å². The number of rotatable bonds is 3. The van der Waals surface area contributed by atoms with Crippen LogP contribution in [0.5, 0.6) is 0 Å². The standard InChI is InChI=1S/C13H12IN3O2/c1-9(17-12(18)7-10(14)8-15-17)13(19)16-11-5-3-2-4-6-11/h2-9H,1H3,(H,16,19). The number of nitrogens with zero attached hydrogens (tertiary/aromatic N) is 2. The van der Waals surface area contributed by atoms with Crippen molar-refractivity contribution in [3.05, 3.63) is 56.5 Å². The van der Waals surface area contributed by atoms with Crippen LogP contribution in [-0.4, -0.2) is 15.7 Å². The molecule has 0 aliphatic rings. The first-order valence-electron chi connectivity index (χ1n) is 5.68. The van der Waals surface area contributed by atoms with Crippen LogP contribution in [0.1, 0.15) is 13.0 Å². The highest BCUT2D eigenvalue weighted by Crippen LogP contribution is 2.09. The van der Waals surface area contributed by atoms with Gasteiger partial charge in [0, 0.05) is 15.3 Å². The molecule has 2 aromatic rings. The van der Waals surface area contributed by atoms with Gasteiger partial charge in [-0.25, -0.2) is 4.68 Å². The Hall–Kier alpha value is -1.70. The molecule has 1 aromatic heterocycles. The second-order valence-corrected chi connectivity index (χ2v) is 5.23. The van der Waals surface area contributed by atoms with E-state index in [1.54, 1.807) is 25.3 Å². The van der Waals surface area contributed by atoms with Gasteiger partial charge in [-0.3, -0.25) is 9.59 Å². The van der Waals surface area contributed by atoms with Gasteiger partial charge in [0.2, 0.25) is 5.91 Å². The maximum Gasteiger partial charge on any atom is 0.268 e. The van der Waals surface area contributed by atoms with Crippen molar-refractivity contribution in [2.45, 2.75) is 13.0 Å². The minimum absolute atomic E-state index is 0.276. The third-order valence-corrected chi connectivity index (χ3v) is 3.17. The lowest BCUT2D eigenvalue weighted by Gasteiger charge is -2.13. The van der Waals surface area contributed by atoms with Gasteiger partial charge in [-0.2, -0.15) is 5.10 Å². The van der Waals surface area contributed by atoms with E-state index in [4.69, 9.17) is 0 Å². The zero-order chi connectivity index (χ0) is 13.8. The van der Waals surface area contributed by atoms with Crippen LogP contribution in [0.2, 0.25) is 0 Å². The summed E-state index contributed by atoms with van der Waals surface area (Å²) in [5.41, 5.74) is 0.403. The van der Waals surface area contributed by atoms with E-state index in [0.29, 0.717) is 5.69 Å². The van der Waals surface area contributed by atoms with Crippen LogP contribution in [0.4, 0.5) is 5.69 Å². The number of amides is 1. The van der Waals surface area contributed by atoms with Gasteiger partial charge in [-0.15, -0.1) is 0 Å². The summed E-state index contributed by atoms with van der Waals surface area (Å²) in [6.45, 7) is 1.64. The molecule has 1 amide bonds. The van der Waals surface area contributed by atoms with Crippen molar-refractivity contribution in [1.82, 2.24) is 9.78 Å². The predicted octanol–water partition coefficient (Wildman–Crippen LogP) is 2.05. The van der Waals surface area contributed by atoms with E-state index in [2.05, 4.69) is 10.4 Å². The molecule has 0 aliphatic heterocycles. The van der Waals surface area contributed by atoms with E-state index < -0.39 is 6.04 Å². The van der Waals surface area contributed by atoms with Gasteiger partial charge in [0.25, 0.3) is 5.56 Å². The molecule has 0 bridgehead atoms. The Morgan fingerprint density at radius 3 is 2.68 bits per heavy atom. The maximum atomic E-state index is 12.0. The zero-order valence-corrected chi connectivity index (χ0v) is 12.4. The van der Waals surface area contributed by atoms with E-state index in [1.165, 1.54) is 10.7 Å². The van der Waals surface area contributed by atoms with Crippen LogP contribution in [0, 0.1) is 3.57 Å². The number of anilines is 1. The highest BCUT2D eigenvalue weighted by Gasteiger charge is 2.17. The molecule has 0 aliphatic carbocycles. The normalized spacial score (nSPS) is 11.9. The number of hydrogen-bond donors (Lipinski definition) is 1. The highest BCUT2D eigenvalue weighted by atomic mass is 127. The average molecular weight is 369 g/mol. The van der Waals surface area contributed by atoms with Crippen molar-refractivity contribution in [2.75, 3.05) is 5.32 Å². The molecule has 1 N–H and O–H groups in total. The maximum absolute atomic E-state index is 12.0. The molecule has 1 unspecified atom stereocenters. The topological polar surface area (TPSA) is 64.0 Å². The molecule has 1 aromatic carbocycles. The molecule has 98 valence electrons. The minimum Gasteiger partial charge on any atom is -0.324 e. The van der Waals surface area contributed by atoms with Gasteiger partial charge in [0.15, 0.2) is 0 Å². The van der Waals surface area contributed by atoms with Gasteiger partial charge in [-0.05, 0) is 41.6 Å². The minimum atomic E-state index is -0.662. The van der Waals surface area contributed by atoms with Gasteiger partial charge >= 0.3 is 0 Å². The number of para-hydroxylation sites is 1. The number of aromatic nitrogens is 2. The number of halogens is 1. The Bertz CT molecular complexity index is 640. The molecule has 2 rings (SSSR count). The molecule has 0 saturated heterocycles. The molecule has 5 nitrogen and oxygen atoms in total. The number of carbonyl (C=O) groups is 1. The average Bonchev–Trinajstić information content (AvgIpc) is 2.39. The van der Waals surface area contributed by atoms with Crippen LogP contribution in [0.3, 0.4) is 0 Å². The summed E-state index contributed by atoms with van der Waals surface area (Å²) in [5, 5.41) is 6.72. The second kappa shape index (κ2) is 5.96. The summed E-state index contributed by atoms with van der Waals surface area (Å²) in [6.07, 6.45) is 1.55. The SMILES string of the molecule is CC(C(=O)Nc1ccccc1)n1ncc(I)cc1=O. The van der Waals surface area contributed by atoms with Crippen LogP contribution in [0.25, 0.3) is 0 Å². The van der Waals surface area contributed by atoms with Gasteiger partial charge in [-0.1, -0.05) is 18.2 Å². The molecule has 0 spiro atoms. The number of carbonyl (C=O) groups excluding carboxylic acids is 1. The second-order valence-electron chi connectivity index (χ2n) is 3.99. The summed E-state index contributed by atoms with van der Waals surface area (Å²) in [4.78, 5) is 23.8. The monoisotopic (exact) mass is 369 g/mol. The van der Waals surface area contributed by atoms with E-state index >= 15 is 0 Å². The summed E-state index contributed by atoms with van der Waals surface area (Å²) in [7, 11) is 0. The fraction of sp³-hybridized carbons (Fsp3) is 0.154. The molecule has 19 heavy (non-hydrogen) atoms. The largest absolute Gasteiger partial charge is 0.324 e. The Morgan fingerprint density at radius 2 is 2.05 bits per heavy atom. The summed E-state index contributed by atoms with van der Waals surface area (Å²) in [5.74, 6) is -0.276. The van der Waals surface area contributed by atoms with Crippen LogP contribution >= 0.6 is 22.6 Å². The molecule has 0 radical (unpaired) electrons. The molecular weight excluding hydrogens is 357 g/mol.